The molecule has 0 spiro atoms. The minimum absolute atomic E-state index is 0.574. The maximum Gasteiger partial charge on any atom is 0.123 e. The van der Waals surface area contributed by atoms with Gasteiger partial charge in [0, 0.05) is 23.8 Å². The largest absolute Gasteiger partial charge is 0.308 e. The van der Waals surface area contributed by atoms with E-state index in [9.17, 15) is 0 Å². The van der Waals surface area contributed by atoms with Crippen LogP contribution in [0.15, 0.2) is 53.0 Å². The molecule has 0 aromatic rings. The van der Waals surface area contributed by atoms with Crippen LogP contribution < -0.4 is 0 Å². The van der Waals surface area contributed by atoms with E-state index in [-0.39, 0.29) is 0 Å². The fourth-order valence-electron chi connectivity index (χ4n) is 1.53. The molecule has 1 heterocycles. The highest BCUT2D eigenvalue weighted by Gasteiger charge is 2.15. The summed E-state index contributed by atoms with van der Waals surface area (Å²) in [5.74, 6) is 0.801. The Hall–Kier alpha value is -2.19. The monoisotopic (exact) mass is 272 g/mol. The Labute approximate surface area is 117 Å². The SMILES string of the molecule is C=C1C=CN=C(C)N1C(/C=C(\C)C=N)=C/C=[SH]C#N. The van der Waals surface area contributed by atoms with Crippen LogP contribution in [0.1, 0.15) is 13.8 Å². The third-order valence-corrected chi connectivity index (χ3v) is 2.79. The molecule has 0 unspecified atom stereocenters. The zero-order valence-electron chi connectivity index (χ0n) is 11.0. The Morgan fingerprint density at radius 3 is 2.95 bits per heavy atom. The molecule has 0 saturated carbocycles. The average molecular weight is 272 g/mol. The van der Waals surface area contributed by atoms with E-state index in [1.165, 1.54) is 6.21 Å². The normalized spacial score (nSPS) is 17.0. The van der Waals surface area contributed by atoms with Crippen molar-refractivity contribution in [1.29, 1.82) is 10.7 Å². The van der Waals surface area contributed by atoms with Gasteiger partial charge in [-0.1, -0.05) is 17.9 Å². The molecule has 5 heteroatoms. The quantitative estimate of drug-likeness (QED) is 0.206. The second-order valence-corrected chi connectivity index (χ2v) is 4.58. The first kappa shape index (κ1) is 14.9. The molecule has 98 valence electrons. The fraction of sp³-hybridized carbons (Fsp3) is 0.143. The molecule has 1 rings (SSSR count). The molecule has 19 heavy (non-hydrogen) atoms. The number of aliphatic imine (C=N–C) groups is 1. The average Bonchev–Trinajstić information content (AvgIpc) is 2.38. The summed E-state index contributed by atoms with van der Waals surface area (Å²) in [4.78, 5) is 6.12. The summed E-state index contributed by atoms with van der Waals surface area (Å²) in [7, 11) is 0. The Balaban J connectivity index is 3.21. The summed E-state index contributed by atoms with van der Waals surface area (Å²) < 4.78 is 0. The fourth-order valence-corrected chi connectivity index (χ4v) is 1.83. The molecule has 0 aliphatic carbocycles. The van der Waals surface area contributed by atoms with E-state index in [0.717, 1.165) is 22.8 Å². The molecule has 4 nitrogen and oxygen atoms in total. The predicted octanol–water partition coefficient (Wildman–Crippen LogP) is 2.98. The van der Waals surface area contributed by atoms with Crippen molar-refractivity contribution in [2.75, 3.05) is 0 Å². The van der Waals surface area contributed by atoms with Gasteiger partial charge in [0.15, 0.2) is 0 Å². The van der Waals surface area contributed by atoms with Gasteiger partial charge in [-0.3, -0.25) is 4.90 Å². The van der Waals surface area contributed by atoms with Gasteiger partial charge in [-0.05, 0) is 43.0 Å². The van der Waals surface area contributed by atoms with Gasteiger partial charge in [0.1, 0.15) is 11.2 Å². The Bertz CT molecular complexity index is 571. The van der Waals surface area contributed by atoms with Crippen LogP contribution in [0.3, 0.4) is 0 Å². The lowest BCUT2D eigenvalue weighted by Gasteiger charge is -2.27. The van der Waals surface area contributed by atoms with Crippen molar-refractivity contribution in [3.05, 3.63) is 48.0 Å². The van der Waals surface area contributed by atoms with Crippen LogP contribution >= 0.6 is 11.4 Å². The van der Waals surface area contributed by atoms with Crippen LogP contribution in [-0.4, -0.2) is 22.3 Å². The summed E-state index contributed by atoms with van der Waals surface area (Å²) >= 11 is 0.574. The molecule has 0 amide bonds. The van der Waals surface area contributed by atoms with Crippen LogP contribution in [-0.2, 0) is 0 Å². The van der Waals surface area contributed by atoms with Gasteiger partial charge in [-0.2, -0.15) is 5.26 Å². The van der Waals surface area contributed by atoms with Gasteiger partial charge < -0.3 is 5.41 Å². The summed E-state index contributed by atoms with van der Waals surface area (Å²) in [6, 6.07) is 0. The van der Waals surface area contributed by atoms with E-state index in [1.54, 1.807) is 11.6 Å². The molecular formula is C14H16N4S. The second-order valence-electron chi connectivity index (χ2n) is 3.82. The lowest BCUT2D eigenvalue weighted by Crippen LogP contribution is -2.27. The molecule has 0 radical (unpaired) electrons. The van der Waals surface area contributed by atoms with E-state index < -0.39 is 0 Å². The molecule has 1 aliphatic rings. The van der Waals surface area contributed by atoms with Crippen molar-refractivity contribution in [3.8, 4) is 5.40 Å². The summed E-state index contributed by atoms with van der Waals surface area (Å²) in [5.41, 5.74) is 2.44. The first-order valence-corrected chi connectivity index (χ1v) is 6.57. The Morgan fingerprint density at radius 1 is 1.63 bits per heavy atom. The van der Waals surface area contributed by atoms with Crippen molar-refractivity contribution in [1.82, 2.24) is 4.90 Å². The highest BCUT2D eigenvalue weighted by atomic mass is 32.1. The molecule has 0 bridgehead atoms. The van der Waals surface area contributed by atoms with Gasteiger partial charge >= 0.3 is 0 Å². The minimum Gasteiger partial charge on any atom is -0.308 e. The van der Waals surface area contributed by atoms with Gasteiger partial charge in [0.2, 0.25) is 0 Å². The number of nitrogens with one attached hydrogen (secondary N) is 1. The smallest absolute Gasteiger partial charge is 0.123 e. The Morgan fingerprint density at radius 2 is 2.37 bits per heavy atom. The number of thiol groups is 1. The first-order valence-electron chi connectivity index (χ1n) is 5.61. The van der Waals surface area contributed by atoms with Gasteiger partial charge in [-0.15, -0.1) is 0 Å². The van der Waals surface area contributed by atoms with E-state index in [1.807, 2.05) is 42.4 Å². The highest BCUT2D eigenvalue weighted by Crippen LogP contribution is 2.19. The van der Waals surface area contributed by atoms with Crippen LogP contribution in [0.2, 0.25) is 0 Å². The van der Waals surface area contributed by atoms with E-state index in [2.05, 4.69) is 11.6 Å². The molecule has 0 fully saturated rings. The van der Waals surface area contributed by atoms with Crippen molar-refractivity contribution in [2.45, 2.75) is 13.8 Å². The number of allylic oxidation sites excluding steroid dienone is 4. The lowest BCUT2D eigenvalue weighted by atomic mass is 10.2. The number of thiocyanates is 1. The number of hydrogen-bond donors (Lipinski definition) is 2. The van der Waals surface area contributed by atoms with Crippen molar-refractivity contribution >= 4 is 28.8 Å². The van der Waals surface area contributed by atoms with Crippen LogP contribution in [0.5, 0.6) is 0 Å². The molecule has 0 aromatic carbocycles. The van der Waals surface area contributed by atoms with E-state index in [0.29, 0.717) is 11.4 Å². The zero-order valence-corrected chi connectivity index (χ0v) is 11.9. The second kappa shape index (κ2) is 7.29. The molecule has 0 atom stereocenters. The topological polar surface area (TPSA) is 63.2 Å². The minimum atomic E-state index is 0.574. The number of amidine groups is 1. The van der Waals surface area contributed by atoms with E-state index >= 15 is 0 Å². The summed E-state index contributed by atoms with van der Waals surface area (Å²) in [5, 5.41) is 19.6. The Kier molecular flexibility index (Phi) is 5.71. The molecule has 0 saturated heterocycles. The van der Waals surface area contributed by atoms with Crippen molar-refractivity contribution in [2.24, 2.45) is 4.99 Å². The number of nitrogens with zero attached hydrogens (tertiary/aromatic N) is 3. The molecule has 1 N–H and O–H groups in total. The van der Waals surface area contributed by atoms with Crippen molar-refractivity contribution < 1.29 is 0 Å². The van der Waals surface area contributed by atoms with Crippen LogP contribution in [0, 0.1) is 16.1 Å². The number of nitriles is 1. The zero-order chi connectivity index (χ0) is 14.3. The standard InChI is InChI=1S/C14H16N4S/c1-11(9-15)8-14(5-7-19-10-16)18-12(2)4-6-17-13(18)3/h4-9,15,19H,2H2,1,3H3/b11-8+,14-5+,15-9?. The van der Waals surface area contributed by atoms with Gasteiger partial charge in [0.25, 0.3) is 0 Å². The predicted molar refractivity (Wildman–Crippen MR) is 84.5 cm³/mol. The maximum atomic E-state index is 8.58. The summed E-state index contributed by atoms with van der Waals surface area (Å²) in [6.45, 7) is 7.71. The van der Waals surface area contributed by atoms with E-state index in [4.69, 9.17) is 10.7 Å². The highest BCUT2D eigenvalue weighted by molar-refractivity contribution is 8.02. The molecule has 0 aromatic heterocycles. The molecule has 1 aliphatic heterocycles. The summed E-state index contributed by atoms with van der Waals surface area (Å²) in [6.07, 6.45) is 8.50. The van der Waals surface area contributed by atoms with Crippen LogP contribution in [0.25, 0.3) is 0 Å². The van der Waals surface area contributed by atoms with Crippen molar-refractivity contribution in [3.63, 3.8) is 0 Å². The van der Waals surface area contributed by atoms with Gasteiger partial charge in [-0.25, -0.2) is 4.99 Å². The first-order chi connectivity index (χ1) is 9.10. The number of rotatable bonds is 4. The number of hydrogen-bond acceptors (Lipinski definition) is 4. The maximum absolute atomic E-state index is 8.58. The van der Waals surface area contributed by atoms with Crippen LogP contribution in [0.4, 0.5) is 0 Å². The third-order valence-electron chi connectivity index (χ3n) is 2.38. The van der Waals surface area contributed by atoms with Gasteiger partial charge in [0.05, 0.1) is 0 Å². The lowest BCUT2D eigenvalue weighted by molar-refractivity contribution is 0.663. The third kappa shape index (κ3) is 4.19. The molecular weight excluding hydrogens is 256 g/mol.